The van der Waals surface area contributed by atoms with E-state index in [1.165, 1.54) is 0 Å². The summed E-state index contributed by atoms with van der Waals surface area (Å²) in [6.07, 6.45) is 4.22. The molecule has 1 fully saturated rings. The molecule has 0 bridgehead atoms. The number of aliphatic hydroxyl groups is 1. The second-order valence-corrected chi connectivity index (χ2v) is 8.89. The molecule has 1 saturated heterocycles. The molecule has 0 atom stereocenters. The quantitative estimate of drug-likeness (QED) is 0.372. The molecule has 1 amide bonds. The maximum absolute atomic E-state index is 12.3. The number of aliphatic carboxylic acids is 1. The van der Waals surface area contributed by atoms with Crippen molar-refractivity contribution in [3.05, 3.63) is 65.4 Å². The van der Waals surface area contributed by atoms with Crippen LogP contribution in [-0.2, 0) is 17.8 Å². The number of carbonyl (C=O) groups is 2. The normalized spacial score (nSPS) is 14.0. The van der Waals surface area contributed by atoms with Crippen LogP contribution < -0.4 is 10.2 Å². The summed E-state index contributed by atoms with van der Waals surface area (Å²) in [5, 5.41) is 30.4. The Morgan fingerprint density at radius 2 is 1.75 bits per heavy atom. The molecule has 188 valence electrons. The fourth-order valence-corrected chi connectivity index (χ4v) is 4.28. The highest BCUT2D eigenvalue weighted by Crippen LogP contribution is 2.27. The Bertz CT molecular complexity index is 1220. The number of aromatic nitrogens is 3. The molecule has 1 aliphatic heterocycles. The first-order valence-electron chi connectivity index (χ1n) is 11.8. The average molecular weight is 492 g/mol. The van der Waals surface area contributed by atoms with Gasteiger partial charge in [-0.1, -0.05) is 24.3 Å². The number of nitrogens with zero attached hydrogens (tertiary/aromatic N) is 4. The lowest BCUT2D eigenvalue weighted by atomic mass is 9.93. The third-order valence-corrected chi connectivity index (χ3v) is 6.35. The molecule has 4 rings (SSSR count). The molecule has 1 aromatic carbocycles. The van der Waals surface area contributed by atoms with E-state index >= 15 is 0 Å². The number of benzene rings is 1. The van der Waals surface area contributed by atoms with Gasteiger partial charge >= 0.3 is 5.97 Å². The predicted octanol–water partition coefficient (Wildman–Crippen LogP) is 2.32. The number of anilines is 1. The molecule has 0 spiro atoms. The standard InChI is InChI=1S/C26H29N5O5/c1-16-25(35)24(26(36)28-14-23(33)34)30-21(29-16)12-17-8-10-31(11-9-17)22-7-6-20(13-27-22)19-4-2-18(15-32)3-5-19/h2-7,13,17,32,35H,8-12,14-15H2,1H3,(H,28,36)(H,33,34). The van der Waals surface area contributed by atoms with Crippen LogP contribution in [0.15, 0.2) is 42.6 Å². The van der Waals surface area contributed by atoms with Crippen molar-refractivity contribution in [2.45, 2.75) is 32.8 Å². The van der Waals surface area contributed by atoms with Crippen LogP contribution in [0.3, 0.4) is 0 Å². The van der Waals surface area contributed by atoms with Crippen LogP contribution in [0, 0.1) is 12.8 Å². The molecule has 0 unspecified atom stereocenters. The minimum atomic E-state index is -1.18. The Morgan fingerprint density at radius 3 is 2.36 bits per heavy atom. The number of carboxylic acid groups (broad SMARTS) is 1. The van der Waals surface area contributed by atoms with Gasteiger partial charge in [-0.3, -0.25) is 9.59 Å². The molecule has 0 saturated carbocycles. The zero-order chi connectivity index (χ0) is 25.7. The summed E-state index contributed by atoms with van der Waals surface area (Å²) in [6.45, 7) is 2.71. The van der Waals surface area contributed by atoms with Crippen LogP contribution in [0.5, 0.6) is 5.75 Å². The van der Waals surface area contributed by atoms with E-state index in [1.54, 1.807) is 6.92 Å². The van der Waals surface area contributed by atoms with Gasteiger partial charge in [0.25, 0.3) is 5.91 Å². The number of piperidine rings is 1. The minimum Gasteiger partial charge on any atom is -0.504 e. The lowest BCUT2D eigenvalue weighted by Gasteiger charge is -2.32. The number of amides is 1. The Balaban J connectivity index is 1.36. The molecule has 10 heteroatoms. The SMILES string of the molecule is Cc1nc(CC2CCN(c3ccc(-c4ccc(CO)cc4)cn3)CC2)nc(C(=O)NCC(=O)O)c1O. The molecule has 0 aliphatic carbocycles. The lowest BCUT2D eigenvalue weighted by molar-refractivity contribution is -0.135. The number of hydrogen-bond acceptors (Lipinski definition) is 8. The number of aliphatic hydroxyl groups excluding tert-OH is 1. The van der Waals surface area contributed by atoms with Crippen LogP contribution in [0.25, 0.3) is 11.1 Å². The number of rotatable bonds is 8. The lowest BCUT2D eigenvalue weighted by Crippen LogP contribution is -2.35. The third kappa shape index (κ3) is 5.95. The van der Waals surface area contributed by atoms with Gasteiger partial charge in [-0.05, 0) is 48.9 Å². The van der Waals surface area contributed by atoms with Crippen molar-refractivity contribution in [1.82, 2.24) is 20.3 Å². The highest BCUT2D eigenvalue weighted by Gasteiger charge is 2.24. The average Bonchev–Trinajstić information content (AvgIpc) is 2.90. The Morgan fingerprint density at radius 1 is 1.06 bits per heavy atom. The van der Waals surface area contributed by atoms with Crippen LogP contribution in [-0.4, -0.2) is 61.8 Å². The Labute approximate surface area is 208 Å². The topological polar surface area (TPSA) is 149 Å². The molecule has 3 heterocycles. The molecule has 4 N–H and O–H groups in total. The van der Waals surface area contributed by atoms with Gasteiger partial charge in [0.05, 0.1) is 12.3 Å². The van der Waals surface area contributed by atoms with E-state index in [4.69, 9.17) is 5.11 Å². The number of aryl methyl sites for hydroxylation is 1. The first kappa shape index (κ1) is 25.1. The second kappa shape index (κ2) is 11.1. The number of carbonyl (C=O) groups excluding carboxylic acids is 1. The number of hydrogen-bond donors (Lipinski definition) is 4. The maximum atomic E-state index is 12.3. The van der Waals surface area contributed by atoms with E-state index in [9.17, 15) is 19.8 Å². The van der Waals surface area contributed by atoms with E-state index in [0.717, 1.165) is 48.4 Å². The van der Waals surface area contributed by atoms with Crippen molar-refractivity contribution >= 4 is 17.7 Å². The van der Waals surface area contributed by atoms with Crippen molar-refractivity contribution in [3.8, 4) is 16.9 Å². The van der Waals surface area contributed by atoms with Gasteiger partial charge in [-0.25, -0.2) is 15.0 Å². The van der Waals surface area contributed by atoms with E-state index in [-0.39, 0.29) is 23.7 Å². The van der Waals surface area contributed by atoms with Crippen LogP contribution in [0.2, 0.25) is 0 Å². The van der Waals surface area contributed by atoms with Crippen molar-refractivity contribution in [1.29, 1.82) is 0 Å². The van der Waals surface area contributed by atoms with E-state index < -0.39 is 18.4 Å². The van der Waals surface area contributed by atoms with Crippen molar-refractivity contribution in [2.24, 2.45) is 5.92 Å². The summed E-state index contributed by atoms with van der Waals surface area (Å²) in [7, 11) is 0. The largest absolute Gasteiger partial charge is 0.504 e. The van der Waals surface area contributed by atoms with Crippen LogP contribution in [0.4, 0.5) is 5.82 Å². The summed E-state index contributed by atoms with van der Waals surface area (Å²) >= 11 is 0. The zero-order valence-electron chi connectivity index (χ0n) is 20.0. The number of aromatic hydroxyl groups is 1. The van der Waals surface area contributed by atoms with Gasteiger partial charge in [-0.2, -0.15) is 0 Å². The van der Waals surface area contributed by atoms with E-state index in [1.807, 2.05) is 42.6 Å². The van der Waals surface area contributed by atoms with E-state index in [0.29, 0.717) is 18.2 Å². The van der Waals surface area contributed by atoms with Gasteiger partial charge in [0.15, 0.2) is 11.4 Å². The fraction of sp³-hybridized carbons (Fsp3) is 0.346. The first-order chi connectivity index (χ1) is 17.3. The second-order valence-electron chi connectivity index (χ2n) is 8.89. The van der Waals surface area contributed by atoms with Gasteiger partial charge in [-0.15, -0.1) is 0 Å². The smallest absolute Gasteiger partial charge is 0.322 e. The van der Waals surface area contributed by atoms with Crippen LogP contribution >= 0.6 is 0 Å². The monoisotopic (exact) mass is 491 g/mol. The van der Waals surface area contributed by atoms with E-state index in [2.05, 4.69) is 25.2 Å². The number of carboxylic acids is 1. The summed E-state index contributed by atoms with van der Waals surface area (Å²) in [6, 6.07) is 11.8. The summed E-state index contributed by atoms with van der Waals surface area (Å²) in [5.41, 5.74) is 3.02. The number of nitrogens with one attached hydrogen (secondary N) is 1. The van der Waals surface area contributed by atoms with Gasteiger partial charge in [0.2, 0.25) is 0 Å². The zero-order valence-corrected chi connectivity index (χ0v) is 20.0. The maximum Gasteiger partial charge on any atom is 0.322 e. The summed E-state index contributed by atoms with van der Waals surface area (Å²) in [4.78, 5) is 38.4. The first-order valence-corrected chi connectivity index (χ1v) is 11.8. The molecule has 10 nitrogen and oxygen atoms in total. The van der Waals surface area contributed by atoms with Crippen molar-refractivity contribution < 1.29 is 24.9 Å². The Kier molecular flexibility index (Phi) is 7.74. The van der Waals surface area contributed by atoms with Gasteiger partial charge in [0, 0.05) is 31.3 Å². The highest BCUT2D eigenvalue weighted by molar-refractivity contribution is 5.96. The molecule has 36 heavy (non-hydrogen) atoms. The van der Waals surface area contributed by atoms with Gasteiger partial charge in [0.1, 0.15) is 18.2 Å². The van der Waals surface area contributed by atoms with Crippen molar-refractivity contribution in [2.75, 3.05) is 24.5 Å². The highest BCUT2D eigenvalue weighted by atomic mass is 16.4. The molecule has 1 aliphatic rings. The third-order valence-electron chi connectivity index (χ3n) is 6.35. The van der Waals surface area contributed by atoms with Crippen LogP contribution in [0.1, 0.15) is 40.4 Å². The van der Waals surface area contributed by atoms with Gasteiger partial charge < -0.3 is 25.5 Å². The fourth-order valence-electron chi connectivity index (χ4n) is 4.28. The Hall–Kier alpha value is -4.05. The van der Waals surface area contributed by atoms with Crippen molar-refractivity contribution in [3.63, 3.8) is 0 Å². The predicted molar refractivity (Wildman–Crippen MR) is 133 cm³/mol. The molecule has 0 radical (unpaired) electrons. The molecular weight excluding hydrogens is 462 g/mol. The summed E-state index contributed by atoms with van der Waals surface area (Å²) in [5.74, 6) is -0.575. The minimum absolute atomic E-state index is 0.0230. The summed E-state index contributed by atoms with van der Waals surface area (Å²) < 4.78 is 0. The molecule has 2 aromatic heterocycles. The molecular formula is C26H29N5O5. The number of pyridine rings is 1. The molecule has 3 aromatic rings.